The van der Waals surface area contributed by atoms with Crippen molar-refractivity contribution in [1.82, 2.24) is 4.98 Å². The van der Waals surface area contributed by atoms with Gasteiger partial charge < -0.3 is 14.8 Å². The van der Waals surface area contributed by atoms with Crippen LogP contribution in [0.5, 0.6) is 11.5 Å². The van der Waals surface area contributed by atoms with E-state index in [2.05, 4.69) is 17.2 Å². The summed E-state index contributed by atoms with van der Waals surface area (Å²) in [6, 6.07) is 19.1. The summed E-state index contributed by atoms with van der Waals surface area (Å²) in [6.07, 6.45) is 5.37. The molecular weight excluding hydrogens is 352 g/mol. The molecular formula is C23H24N2O3. The van der Waals surface area contributed by atoms with Crippen molar-refractivity contribution in [3.8, 4) is 11.5 Å². The molecule has 0 bridgehead atoms. The number of pyridine rings is 1. The number of anilines is 1. The topological polar surface area (TPSA) is 60.5 Å². The van der Waals surface area contributed by atoms with Crippen molar-refractivity contribution < 1.29 is 14.3 Å². The Bertz CT molecular complexity index is 863. The average Bonchev–Trinajstić information content (AvgIpc) is 2.74. The number of ether oxygens (including phenoxy) is 2. The summed E-state index contributed by atoms with van der Waals surface area (Å²) >= 11 is 0. The third kappa shape index (κ3) is 6.13. The zero-order valence-electron chi connectivity index (χ0n) is 15.9. The first-order valence-electron chi connectivity index (χ1n) is 9.36. The maximum absolute atomic E-state index is 12.1. The van der Waals surface area contributed by atoms with E-state index in [1.54, 1.807) is 24.5 Å². The van der Waals surface area contributed by atoms with Gasteiger partial charge in [-0.1, -0.05) is 19.1 Å². The van der Waals surface area contributed by atoms with E-state index in [1.165, 1.54) is 11.1 Å². The number of nitrogens with zero attached hydrogens (tertiary/aromatic N) is 1. The Kier molecular flexibility index (Phi) is 7.01. The summed E-state index contributed by atoms with van der Waals surface area (Å²) in [7, 11) is 0. The minimum absolute atomic E-state index is 0.0477. The van der Waals surface area contributed by atoms with Gasteiger partial charge in [-0.3, -0.25) is 9.78 Å². The summed E-state index contributed by atoms with van der Waals surface area (Å²) in [5.74, 6) is 1.23. The minimum atomic E-state index is -0.201. The third-order valence-corrected chi connectivity index (χ3v) is 4.06. The predicted octanol–water partition coefficient (Wildman–Crippen LogP) is 4.48. The molecule has 0 aliphatic carbocycles. The predicted molar refractivity (Wildman–Crippen MR) is 110 cm³/mol. The first-order valence-corrected chi connectivity index (χ1v) is 9.36. The molecule has 28 heavy (non-hydrogen) atoms. The molecule has 0 atom stereocenters. The van der Waals surface area contributed by atoms with Crippen molar-refractivity contribution >= 4 is 11.6 Å². The molecule has 0 saturated carbocycles. The quantitative estimate of drug-likeness (QED) is 0.598. The Morgan fingerprint density at radius 3 is 2.11 bits per heavy atom. The van der Waals surface area contributed by atoms with Crippen molar-refractivity contribution in [3.63, 3.8) is 0 Å². The van der Waals surface area contributed by atoms with E-state index in [0.29, 0.717) is 12.4 Å². The van der Waals surface area contributed by atoms with Gasteiger partial charge in [0.25, 0.3) is 5.91 Å². The second kappa shape index (κ2) is 10.1. The number of hydrogen-bond donors (Lipinski definition) is 1. The van der Waals surface area contributed by atoms with Crippen LogP contribution in [-0.2, 0) is 11.2 Å². The van der Waals surface area contributed by atoms with Crippen LogP contribution in [-0.4, -0.2) is 24.1 Å². The Morgan fingerprint density at radius 1 is 0.857 bits per heavy atom. The van der Waals surface area contributed by atoms with Gasteiger partial charge in [0.15, 0.2) is 6.61 Å². The number of benzene rings is 2. The van der Waals surface area contributed by atoms with E-state index in [-0.39, 0.29) is 12.5 Å². The number of hydrogen-bond acceptors (Lipinski definition) is 4. The van der Waals surface area contributed by atoms with Crippen LogP contribution in [0.15, 0.2) is 73.1 Å². The smallest absolute Gasteiger partial charge is 0.262 e. The number of rotatable bonds is 9. The van der Waals surface area contributed by atoms with Gasteiger partial charge in [0.2, 0.25) is 0 Å². The van der Waals surface area contributed by atoms with E-state index in [9.17, 15) is 4.79 Å². The van der Waals surface area contributed by atoms with E-state index < -0.39 is 0 Å². The largest absolute Gasteiger partial charge is 0.494 e. The first-order chi connectivity index (χ1) is 13.7. The number of carbonyl (C=O) groups is 1. The summed E-state index contributed by atoms with van der Waals surface area (Å²) in [5.41, 5.74) is 3.12. The van der Waals surface area contributed by atoms with Gasteiger partial charge in [0.05, 0.1) is 6.61 Å². The highest BCUT2D eigenvalue weighted by Gasteiger charge is 2.05. The fourth-order valence-corrected chi connectivity index (χ4v) is 2.64. The molecule has 5 heteroatoms. The molecule has 0 unspecified atom stereocenters. The lowest BCUT2D eigenvalue weighted by Crippen LogP contribution is -2.20. The maximum atomic E-state index is 12.1. The molecule has 0 aliphatic heterocycles. The van der Waals surface area contributed by atoms with Crippen molar-refractivity contribution in [1.29, 1.82) is 0 Å². The van der Waals surface area contributed by atoms with Crippen LogP contribution in [0, 0.1) is 0 Å². The summed E-state index contributed by atoms with van der Waals surface area (Å²) in [4.78, 5) is 16.1. The third-order valence-electron chi connectivity index (χ3n) is 4.06. The normalized spacial score (nSPS) is 10.3. The van der Waals surface area contributed by atoms with Crippen LogP contribution in [0.4, 0.5) is 5.69 Å². The molecule has 144 valence electrons. The van der Waals surface area contributed by atoms with Crippen LogP contribution in [0.3, 0.4) is 0 Å². The molecule has 0 aliphatic rings. The van der Waals surface area contributed by atoms with Gasteiger partial charge in [-0.05, 0) is 72.5 Å². The molecule has 0 radical (unpaired) electrons. The maximum Gasteiger partial charge on any atom is 0.262 e. The van der Waals surface area contributed by atoms with Crippen molar-refractivity contribution in [2.24, 2.45) is 0 Å². The Morgan fingerprint density at radius 2 is 1.46 bits per heavy atom. The number of aromatic nitrogens is 1. The number of carbonyl (C=O) groups excluding carboxylic acids is 1. The molecule has 1 aromatic heterocycles. The second-order valence-electron chi connectivity index (χ2n) is 6.39. The van der Waals surface area contributed by atoms with Crippen LogP contribution in [0.1, 0.15) is 24.5 Å². The minimum Gasteiger partial charge on any atom is -0.494 e. The lowest BCUT2D eigenvalue weighted by molar-refractivity contribution is -0.118. The zero-order valence-corrected chi connectivity index (χ0v) is 15.9. The summed E-state index contributed by atoms with van der Waals surface area (Å²) in [6.45, 7) is 2.70. The summed E-state index contributed by atoms with van der Waals surface area (Å²) < 4.78 is 11.1. The molecule has 3 rings (SSSR count). The molecule has 5 nitrogen and oxygen atoms in total. The summed E-state index contributed by atoms with van der Waals surface area (Å²) in [5, 5.41) is 2.84. The monoisotopic (exact) mass is 376 g/mol. The van der Waals surface area contributed by atoms with E-state index >= 15 is 0 Å². The van der Waals surface area contributed by atoms with Gasteiger partial charge in [-0.2, -0.15) is 0 Å². The van der Waals surface area contributed by atoms with E-state index in [0.717, 1.165) is 24.3 Å². The number of amides is 1. The van der Waals surface area contributed by atoms with Gasteiger partial charge >= 0.3 is 0 Å². The van der Waals surface area contributed by atoms with Crippen molar-refractivity contribution in [2.45, 2.75) is 19.8 Å². The molecule has 0 spiro atoms. The second-order valence-corrected chi connectivity index (χ2v) is 6.39. The Balaban J connectivity index is 1.45. The first kappa shape index (κ1) is 19.4. The molecule has 2 aromatic carbocycles. The van der Waals surface area contributed by atoms with Gasteiger partial charge in [0.1, 0.15) is 11.5 Å². The highest BCUT2D eigenvalue weighted by molar-refractivity contribution is 5.91. The lowest BCUT2D eigenvalue weighted by atomic mass is 10.1. The highest BCUT2D eigenvalue weighted by Crippen LogP contribution is 2.18. The molecule has 3 aromatic rings. The Labute approximate surface area is 165 Å². The fraction of sp³-hybridized carbons (Fsp3) is 0.217. The van der Waals surface area contributed by atoms with Gasteiger partial charge in [-0.15, -0.1) is 0 Å². The molecule has 0 fully saturated rings. The number of nitrogens with one attached hydrogen (secondary N) is 1. The van der Waals surface area contributed by atoms with Gasteiger partial charge in [0, 0.05) is 18.1 Å². The van der Waals surface area contributed by atoms with Crippen LogP contribution < -0.4 is 14.8 Å². The van der Waals surface area contributed by atoms with Crippen LogP contribution in [0.2, 0.25) is 0 Å². The Hall–Kier alpha value is -3.34. The molecule has 1 amide bonds. The lowest BCUT2D eigenvalue weighted by Gasteiger charge is -2.09. The SMILES string of the molecule is CCCOc1ccc(OCC(=O)Nc2ccc(Cc3ccncc3)cc2)cc1. The van der Waals surface area contributed by atoms with Crippen molar-refractivity contribution in [2.75, 3.05) is 18.5 Å². The molecule has 1 N–H and O–H groups in total. The molecule has 0 saturated heterocycles. The zero-order chi connectivity index (χ0) is 19.6. The van der Waals surface area contributed by atoms with Crippen LogP contribution in [0.25, 0.3) is 0 Å². The van der Waals surface area contributed by atoms with Crippen LogP contribution >= 0.6 is 0 Å². The van der Waals surface area contributed by atoms with E-state index in [4.69, 9.17) is 9.47 Å². The highest BCUT2D eigenvalue weighted by atomic mass is 16.5. The molecule has 1 heterocycles. The standard InChI is InChI=1S/C23H24N2O3/c1-2-15-27-21-7-9-22(10-8-21)28-17-23(26)25-20-5-3-18(4-6-20)16-19-11-13-24-14-12-19/h3-14H,2,15-17H2,1H3,(H,25,26). The van der Waals surface area contributed by atoms with E-state index in [1.807, 2.05) is 48.5 Å². The van der Waals surface area contributed by atoms with Gasteiger partial charge in [-0.25, -0.2) is 0 Å². The van der Waals surface area contributed by atoms with Crippen molar-refractivity contribution in [3.05, 3.63) is 84.2 Å². The fourth-order valence-electron chi connectivity index (χ4n) is 2.64. The average molecular weight is 376 g/mol.